The molecule has 2 aromatic heterocycles. The second-order valence-electron chi connectivity index (χ2n) is 11.4. The van der Waals surface area contributed by atoms with Gasteiger partial charge in [0.2, 0.25) is 11.8 Å². The number of nitrogens with one attached hydrogen (secondary N) is 2. The second kappa shape index (κ2) is 12.3. The molecule has 222 valence electrons. The van der Waals surface area contributed by atoms with Crippen LogP contribution in [-0.2, 0) is 9.59 Å². The number of anilines is 2. The molecule has 7 rings (SSSR count). The lowest BCUT2D eigenvalue weighted by molar-refractivity contribution is -0.132. The molecule has 0 radical (unpaired) electrons. The molecule has 1 atom stereocenters. The van der Waals surface area contributed by atoms with Crippen molar-refractivity contribution in [3.63, 3.8) is 0 Å². The summed E-state index contributed by atoms with van der Waals surface area (Å²) in [6.07, 6.45) is 4.22. The Balaban J connectivity index is 0.897. The van der Waals surface area contributed by atoms with Crippen LogP contribution in [0.4, 0.5) is 11.4 Å². The molecule has 2 amide bonds. The number of carbonyl (C=O) groups excluding carboxylic acids is 2. The van der Waals surface area contributed by atoms with E-state index in [9.17, 15) is 9.59 Å². The maximum Gasteiger partial charge on any atom is 0.236 e. The van der Waals surface area contributed by atoms with Gasteiger partial charge in [0.05, 0.1) is 23.7 Å². The Morgan fingerprint density at radius 1 is 0.841 bits per heavy atom. The third kappa shape index (κ3) is 5.89. The van der Waals surface area contributed by atoms with Gasteiger partial charge in [0, 0.05) is 73.0 Å². The Morgan fingerprint density at radius 3 is 2.39 bits per heavy atom. The SMILES string of the molecule is O=C(Nc1ccc2[nH]nc(-c3ccccc3)c2c1)[C@@H]1CCN(CC(=O)N2CCN(c3ccc(-c4ncccn4)cc3)CC2)C1. The number of fused-ring (bicyclic) bond motifs is 1. The number of hydrogen-bond acceptors (Lipinski definition) is 7. The fourth-order valence-electron chi connectivity index (χ4n) is 6.12. The smallest absolute Gasteiger partial charge is 0.236 e. The molecule has 2 aliphatic heterocycles. The van der Waals surface area contributed by atoms with Gasteiger partial charge < -0.3 is 15.1 Å². The zero-order valence-electron chi connectivity index (χ0n) is 24.4. The molecule has 2 fully saturated rings. The van der Waals surface area contributed by atoms with Gasteiger partial charge in [-0.25, -0.2) is 9.97 Å². The minimum Gasteiger partial charge on any atom is -0.368 e. The van der Waals surface area contributed by atoms with Gasteiger partial charge >= 0.3 is 0 Å². The summed E-state index contributed by atoms with van der Waals surface area (Å²) in [5.41, 5.74) is 5.66. The van der Waals surface area contributed by atoms with Crippen LogP contribution in [0.1, 0.15) is 6.42 Å². The van der Waals surface area contributed by atoms with E-state index < -0.39 is 0 Å². The van der Waals surface area contributed by atoms with Crippen molar-refractivity contribution in [2.75, 3.05) is 56.0 Å². The lowest BCUT2D eigenvalue weighted by Gasteiger charge is -2.36. The average Bonchev–Trinajstić information content (AvgIpc) is 3.73. The summed E-state index contributed by atoms with van der Waals surface area (Å²) >= 11 is 0. The van der Waals surface area contributed by atoms with Gasteiger partial charge in [0.25, 0.3) is 0 Å². The minimum absolute atomic E-state index is 0.0116. The molecule has 44 heavy (non-hydrogen) atoms. The van der Waals surface area contributed by atoms with Gasteiger partial charge in [-0.2, -0.15) is 5.10 Å². The van der Waals surface area contributed by atoms with Crippen molar-refractivity contribution in [2.24, 2.45) is 5.92 Å². The van der Waals surface area contributed by atoms with Crippen molar-refractivity contribution in [3.05, 3.63) is 91.3 Å². The Hall–Kier alpha value is -5.09. The number of benzene rings is 3. The molecule has 10 nitrogen and oxygen atoms in total. The Morgan fingerprint density at radius 2 is 1.61 bits per heavy atom. The number of aromatic amines is 1. The van der Waals surface area contributed by atoms with Crippen LogP contribution in [0, 0.1) is 5.92 Å². The van der Waals surface area contributed by atoms with Gasteiger partial charge in [0.15, 0.2) is 5.82 Å². The minimum atomic E-state index is -0.155. The van der Waals surface area contributed by atoms with E-state index in [1.54, 1.807) is 12.4 Å². The largest absolute Gasteiger partial charge is 0.368 e. The highest BCUT2D eigenvalue weighted by Gasteiger charge is 2.31. The summed E-state index contributed by atoms with van der Waals surface area (Å²) in [6.45, 7) is 4.59. The van der Waals surface area contributed by atoms with Gasteiger partial charge in [-0.1, -0.05) is 30.3 Å². The molecule has 2 N–H and O–H groups in total. The molecule has 3 aromatic carbocycles. The first-order valence-corrected chi connectivity index (χ1v) is 15.1. The molecule has 2 saturated heterocycles. The van der Waals surface area contributed by atoms with E-state index in [0.29, 0.717) is 32.0 Å². The predicted molar refractivity (Wildman–Crippen MR) is 171 cm³/mol. The van der Waals surface area contributed by atoms with Crippen LogP contribution in [0.2, 0.25) is 0 Å². The normalized spacial score (nSPS) is 17.2. The molecule has 0 saturated carbocycles. The van der Waals surface area contributed by atoms with Crippen molar-refractivity contribution >= 4 is 34.1 Å². The number of rotatable bonds is 7. The Bertz CT molecular complexity index is 1750. The van der Waals surface area contributed by atoms with Crippen molar-refractivity contribution in [2.45, 2.75) is 6.42 Å². The van der Waals surface area contributed by atoms with Crippen molar-refractivity contribution in [1.82, 2.24) is 30.0 Å². The maximum absolute atomic E-state index is 13.2. The molecular formula is C34H34N8O2. The van der Waals surface area contributed by atoms with Crippen molar-refractivity contribution in [3.8, 4) is 22.6 Å². The van der Waals surface area contributed by atoms with Crippen LogP contribution in [0.15, 0.2) is 91.3 Å². The molecule has 10 heteroatoms. The van der Waals surface area contributed by atoms with E-state index in [1.165, 1.54) is 0 Å². The Labute approximate surface area is 255 Å². The number of carbonyl (C=O) groups is 2. The second-order valence-corrected chi connectivity index (χ2v) is 11.4. The van der Waals surface area contributed by atoms with Crippen molar-refractivity contribution in [1.29, 1.82) is 0 Å². The molecule has 0 aliphatic carbocycles. The highest BCUT2D eigenvalue weighted by atomic mass is 16.2. The molecule has 0 spiro atoms. The summed E-state index contributed by atoms with van der Waals surface area (Å²) in [7, 11) is 0. The Kier molecular flexibility index (Phi) is 7.72. The lowest BCUT2D eigenvalue weighted by Crippen LogP contribution is -2.51. The zero-order chi connectivity index (χ0) is 29.9. The van der Waals surface area contributed by atoms with Crippen LogP contribution in [0.3, 0.4) is 0 Å². The number of aromatic nitrogens is 4. The first kappa shape index (κ1) is 27.7. The highest BCUT2D eigenvalue weighted by molar-refractivity contribution is 5.99. The van der Waals surface area contributed by atoms with Crippen molar-refractivity contribution < 1.29 is 9.59 Å². The third-order valence-electron chi connectivity index (χ3n) is 8.57. The van der Waals surface area contributed by atoms with Crippen LogP contribution in [-0.4, -0.2) is 87.6 Å². The van der Waals surface area contributed by atoms with Gasteiger partial charge in [-0.05, 0) is 61.5 Å². The molecule has 0 bridgehead atoms. The molecule has 5 aromatic rings. The van der Waals surface area contributed by atoms with E-state index in [2.05, 4.69) is 47.4 Å². The van der Waals surface area contributed by atoms with E-state index in [-0.39, 0.29) is 17.7 Å². The number of hydrogen-bond donors (Lipinski definition) is 2. The lowest BCUT2D eigenvalue weighted by atomic mass is 10.1. The van der Waals surface area contributed by atoms with Gasteiger partial charge in [0.1, 0.15) is 0 Å². The zero-order valence-corrected chi connectivity index (χ0v) is 24.4. The monoisotopic (exact) mass is 586 g/mol. The topological polar surface area (TPSA) is 110 Å². The fraction of sp³-hybridized carbons (Fsp3) is 0.265. The van der Waals surface area contributed by atoms with E-state index in [1.807, 2.05) is 71.6 Å². The summed E-state index contributed by atoms with van der Waals surface area (Å²) in [5.74, 6) is 0.672. The summed E-state index contributed by atoms with van der Waals surface area (Å²) < 4.78 is 0. The average molecular weight is 587 g/mol. The van der Waals surface area contributed by atoms with E-state index >= 15 is 0 Å². The number of piperazine rings is 1. The van der Waals surface area contributed by atoms with Crippen LogP contribution in [0.25, 0.3) is 33.5 Å². The third-order valence-corrected chi connectivity index (χ3v) is 8.57. The highest BCUT2D eigenvalue weighted by Crippen LogP contribution is 2.29. The molecule has 2 aliphatic rings. The van der Waals surface area contributed by atoms with Gasteiger partial charge in [-0.3, -0.25) is 19.6 Å². The summed E-state index contributed by atoms with van der Waals surface area (Å²) in [5, 5.41) is 11.6. The number of amides is 2. The van der Waals surface area contributed by atoms with Crippen LogP contribution < -0.4 is 10.2 Å². The first-order valence-electron chi connectivity index (χ1n) is 15.1. The summed E-state index contributed by atoms with van der Waals surface area (Å²) in [4.78, 5) is 41.3. The van der Waals surface area contributed by atoms with Crippen LogP contribution >= 0.6 is 0 Å². The van der Waals surface area contributed by atoms with E-state index in [0.717, 1.165) is 65.2 Å². The molecular weight excluding hydrogens is 552 g/mol. The van der Waals surface area contributed by atoms with Crippen LogP contribution in [0.5, 0.6) is 0 Å². The molecule has 4 heterocycles. The van der Waals surface area contributed by atoms with Gasteiger partial charge in [-0.15, -0.1) is 0 Å². The predicted octanol–water partition coefficient (Wildman–Crippen LogP) is 4.30. The fourth-order valence-corrected chi connectivity index (χ4v) is 6.12. The summed E-state index contributed by atoms with van der Waals surface area (Å²) in [6, 6.07) is 25.9. The number of nitrogens with zero attached hydrogens (tertiary/aromatic N) is 6. The molecule has 0 unspecified atom stereocenters. The van der Waals surface area contributed by atoms with E-state index in [4.69, 9.17) is 0 Å². The maximum atomic E-state index is 13.2. The standard InChI is InChI=1S/C34H34N8O2/c43-31(42-19-17-41(18-20-42)28-10-7-25(8-11-28)33-35-14-4-15-36-33)23-40-16-13-26(22-40)34(44)37-27-9-12-30-29(21-27)32(39-38-30)24-5-2-1-3-6-24/h1-12,14-15,21,26H,13,16-20,22-23H2,(H,37,44)(H,38,39)/t26-/m1/s1. The number of H-pyrrole nitrogens is 1. The quantitative estimate of drug-likeness (QED) is 0.293. The first-order chi connectivity index (χ1) is 21.6. The number of likely N-dealkylation sites (tertiary alicyclic amines) is 1.